The maximum absolute atomic E-state index is 13.0. The monoisotopic (exact) mass is 497 g/mol. The Hall–Kier alpha value is -3.30. The number of halogens is 1. The van der Waals surface area contributed by atoms with Gasteiger partial charge < -0.3 is 15.5 Å². The summed E-state index contributed by atoms with van der Waals surface area (Å²) in [6.07, 6.45) is 1.41. The molecule has 2 N–H and O–H groups in total. The molecule has 1 aliphatic heterocycles. The molecule has 4 rings (SSSR count). The molecule has 10 heteroatoms. The molecule has 0 spiro atoms. The Morgan fingerprint density at radius 1 is 1.12 bits per heavy atom. The summed E-state index contributed by atoms with van der Waals surface area (Å²) in [5.41, 5.74) is 2.64. The first-order valence-electron chi connectivity index (χ1n) is 10.9. The van der Waals surface area contributed by atoms with Crippen LogP contribution in [0, 0.1) is 12.8 Å². The van der Waals surface area contributed by atoms with Crippen molar-refractivity contribution in [2.24, 2.45) is 5.92 Å². The summed E-state index contributed by atoms with van der Waals surface area (Å²) < 4.78 is 0. The van der Waals surface area contributed by atoms with Crippen LogP contribution < -0.4 is 10.6 Å². The molecule has 176 valence electrons. The van der Waals surface area contributed by atoms with Gasteiger partial charge >= 0.3 is 0 Å². The number of likely N-dealkylation sites (tertiary alicyclic amines) is 1. The lowest BCUT2D eigenvalue weighted by atomic mass is 9.97. The van der Waals surface area contributed by atoms with Gasteiger partial charge in [0.05, 0.1) is 5.92 Å². The molecule has 2 heterocycles. The molecule has 0 saturated carbocycles. The van der Waals surface area contributed by atoms with Gasteiger partial charge in [-0.1, -0.05) is 52.8 Å². The van der Waals surface area contributed by atoms with Crippen molar-refractivity contribution in [2.45, 2.75) is 26.3 Å². The van der Waals surface area contributed by atoms with Crippen LogP contribution in [0.25, 0.3) is 0 Å². The summed E-state index contributed by atoms with van der Waals surface area (Å²) >= 11 is 6.94. The zero-order valence-corrected chi connectivity index (χ0v) is 20.2. The van der Waals surface area contributed by atoms with Crippen molar-refractivity contribution >= 4 is 46.3 Å². The van der Waals surface area contributed by atoms with Crippen LogP contribution in [0.4, 0.5) is 5.69 Å². The Balaban J connectivity index is 1.33. The average molecular weight is 498 g/mol. The number of aromatic nitrogens is 2. The predicted octanol–water partition coefficient (Wildman–Crippen LogP) is 3.92. The van der Waals surface area contributed by atoms with Crippen molar-refractivity contribution in [2.75, 3.05) is 18.4 Å². The van der Waals surface area contributed by atoms with Gasteiger partial charge in [-0.05, 0) is 49.6 Å². The number of carbonyl (C=O) groups is 3. The second kappa shape index (κ2) is 10.8. The molecule has 1 aromatic heterocycles. The smallest absolute Gasteiger partial charge is 0.286 e. The van der Waals surface area contributed by atoms with Gasteiger partial charge in [-0.25, -0.2) is 0 Å². The first-order valence-corrected chi connectivity index (χ1v) is 12.1. The van der Waals surface area contributed by atoms with Crippen LogP contribution in [0.3, 0.4) is 0 Å². The predicted molar refractivity (Wildman–Crippen MR) is 131 cm³/mol. The SMILES string of the molecule is Cc1ccc(NC(=O)c2nnc(C(=O)N3CCC[C@H](C(=O)NCc4cccc(Cl)c4)C3)s2)cc1. The van der Waals surface area contributed by atoms with Crippen molar-refractivity contribution in [3.63, 3.8) is 0 Å². The van der Waals surface area contributed by atoms with E-state index in [-0.39, 0.29) is 27.7 Å². The third-order valence-electron chi connectivity index (χ3n) is 5.55. The molecule has 3 amide bonds. The number of aryl methyl sites for hydroxylation is 1. The zero-order valence-electron chi connectivity index (χ0n) is 18.6. The molecule has 0 bridgehead atoms. The standard InChI is InChI=1S/C24H24ClN5O3S/c1-15-7-9-19(10-8-15)27-21(32)22-28-29-23(34-22)24(33)30-11-3-5-17(14-30)20(31)26-13-16-4-2-6-18(25)12-16/h2,4,6-10,12,17H,3,5,11,13-14H2,1H3,(H,26,31)(H,27,32)/t17-/m0/s1. The minimum absolute atomic E-state index is 0.104. The van der Waals surface area contributed by atoms with E-state index < -0.39 is 5.91 Å². The molecule has 1 atom stereocenters. The number of rotatable bonds is 6. The number of benzene rings is 2. The Kier molecular flexibility index (Phi) is 7.54. The van der Waals surface area contributed by atoms with Gasteiger partial charge in [-0.2, -0.15) is 0 Å². The number of nitrogens with zero attached hydrogens (tertiary/aromatic N) is 3. The fourth-order valence-corrected chi connectivity index (χ4v) is 4.63. The van der Waals surface area contributed by atoms with E-state index in [2.05, 4.69) is 20.8 Å². The number of hydrogen-bond donors (Lipinski definition) is 2. The fourth-order valence-electron chi connectivity index (χ4n) is 3.71. The lowest BCUT2D eigenvalue weighted by Crippen LogP contribution is -2.45. The van der Waals surface area contributed by atoms with Crippen molar-refractivity contribution in [1.82, 2.24) is 20.4 Å². The van der Waals surface area contributed by atoms with Gasteiger partial charge in [0, 0.05) is 30.3 Å². The van der Waals surface area contributed by atoms with E-state index in [1.165, 1.54) is 0 Å². The van der Waals surface area contributed by atoms with E-state index in [1.54, 1.807) is 29.2 Å². The minimum atomic E-state index is -0.419. The first-order chi connectivity index (χ1) is 16.4. The van der Waals surface area contributed by atoms with Crippen molar-refractivity contribution < 1.29 is 14.4 Å². The third kappa shape index (κ3) is 5.98. The van der Waals surface area contributed by atoms with Gasteiger partial charge in [0.2, 0.25) is 15.9 Å². The van der Waals surface area contributed by atoms with Crippen LogP contribution in [0.5, 0.6) is 0 Å². The molecule has 3 aromatic rings. The van der Waals surface area contributed by atoms with Gasteiger partial charge in [0.25, 0.3) is 11.8 Å². The second-order valence-electron chi connectivity index (χ2n) is 8.17. The van der Waals surface area contributed by atoms with Crippen LogP contribution in [0.15, 0.2) is 48.5 Å². The van der Waals surface area contributed by atoms with Gasteiger partial charge in [0.1, 0.15) is 0 Å². The number of hydrogen-bond acceptors (Lipinski definition) is 6. The van der Waals surface area contributed by atoms with Crippen LogP contribution in [0.1, 0.15) is 43.6 Å². The highest BCUT2D eigenvalue weighted by Crippen LogP contribution is 2.21. The summed E-state index contributed by atoms with van der Waals surface area (Å²) in [6.45, 7) is 3.16. The number of anilines is 1. The van der Waals surface area contributed by atoms with E-state index in [9.17, 15) is 14.4 Å². The second-order valence-corrected chi connectivity index (χ2v) is 9.58. The maximum Gasteiger partial charge on any atom is 0.286 e. The highest BCUT2D eigenvalue weighted by molar-refractivity contribution is 7.15. The Morgan fingerprint density at radius 3 is 2.65 bits per heavy atom. The molecule has 34 heavy (non-hydrogen) atoms. The lowest BCUT2D eigenvalue weighted by molar-refractivity contribution is -0.126. The topological polar surface area (TPSA) is 104 Å². The third-order valence-corrected chi connectivity index (χ3v) is 6.69. The van der Waals surface area contributed by atoms with E-state index >= 15 is 0 Å². The highest BCUT2D eigenvalue weighted by atomic mass is 35.5. The van der Waals surface area contributed by atoms with E-state index in [0.717, 1.165) is 22.5 Å². The molecule has 1 saturated heterocycles. The van der Waals surface area contributed by atoms with Crippen molar-refractivity contribution in [1.29, 1.82) is 0 Å². The summed E-state index contributed by atoms with van der Waals surface area (Å²) in [7, 11) is 0. The summed E-state index contributed by atoms with van der Waals surface area (Å²) in [5, 5.41) is 14.4. The summed E-state index contributed by atoms with van der Waals surface area (Å²) in [5.74, 6) is -1.15. The van der Waals surface area contributed by atoms with Gasteiger partial charge in [-0.15, -0.1) is 10.2 Å². The van der Waals surface area contributed by atoms with Crippen molar-refractivity contribution in [3.05, 3.63) is 74.7 Å². The molecule has 8 nitrogen and oxygen atoms in total. The summed E-state index contributed by atoms with van der Waals surface area (Å²) in [6, 6.07) is 14.7. The number of piperidine rings is 1. The lowest BCUT2D eigenvalue weighted by Gasteiger charge is -2.31. The molecule has 0 radical (unpaired) electrons. The summed E-state index contributed by atoms with van der Waals surface area (Å²) in [4.78, 5) is 39.7. The van der Waals surface area contributed by atoms with Crippen LogP contribution in [-0.4, -0.2) is 45.9 Å². The normalized spacial score (nSPS) is 15.6. The Morgan fingerprint density at radius 2 is 1.88 bits per heavy atom. The molecular weight excluding hydrogens is 474 g/mol. The minimum Gasteiger partial charge on any atom is -0.352 e. The first kappa shape index (κ1) is 23.8. The van der Waals surface area contributed by atoms with Crippen LogP contribution in [0.2, 0.25) is 5.02 Å². The van der Waals surface area contributed by atoms with E-state index in [1.807, 2.05) is 31.2 Å². The fraction of sp³-hybridized carbons (Fsp3) is 0.292. The van der Waals surface area contributed by atoms with Crippen LogP contribution in [-0.2, 0) is 11.3 Å². The largest absolute Gasteiger partial charge is 0.352 e. The van der Waals surface area contributed by atoms with Gasteiger partial charge in [0.15, 0.2) is 0 Å². The Bertz CT molecular complexity index is 1200. The van der Waals surface area contributed by atoms with Crippen LogP contribution >= 0.6 is 22.9 Å². The van der Waals surface area contributed by atoms with Gasteiger partial charge in [-0.3, -0.25) is 14.4 Å². The number of amides is 3. The number of carbonyl (C=O) groups excluding carboxylic acids is 3. The molecule has 1 fully saturated rings. The molecule has 0 unspecified atom stereocenters. The van der Waals surface area contributed by atoms with E-state index in [0.29, 0.717) is 43.2 Å². The molecule has 2 aromatic carbocycles. The average Bonchev–Trinajstić information content (AvgIpc) is 3.34. The van der Waals surface area contributed by atoms with E-state index in [4.69, 9.17) is 11.6 Å². The maximum atomic E-state index is 13.0. The Labute approximate surface area is 206 Å². The molecular formula is C24H24ClN5O3S. The van der Waals surface area contributed by atoms with Crippen molar-refractivity contribution in [3.8, 4) is 0 Å². The molecule has 1 aliphatic rings. The highest BCUT2D eigenvalue weighted by Gasteiger charge is 2.30. The quantitative estimate of drug-likeness (QED) is 0.537. The number of nitrogens with one attached hydrogen (secondary N) is 2. The molecule has 0 aliphatic carbocycles. The zero-order chi connectivity index (χ0) is 24.1.